The summed E-state index contributed by atoms with van der Waals surface area (Å²) in [7, 11) is 0. The van der Waals surface area contributed by atoms with E-state index < -0.39 is 19.0 Å². The molecule has 0 heterocycles. The molecule has 5 heteroatoms. The zero-order chi connectivity index (χ0) is 11.7. The highest BCUT2D eigenvalue weighted by Crippen LogP contribution is 2.09. The fourth-order valence-corrected chi connectivity index (χ4v) is 1.10. The van der Waals surface area contributed by atoms with Crippen LogP contribution in [0.15, 0.2) is 0 Å². The van der Waals surface area contributed by atoms with Gasteiger partial charge >= 0.3 is 0 Å². The smallest absolute Gasteiger partial charge is 0.277 e. The number of nitrogens with one attached hydrogen (secondary N) is 1. The minimum Gasteiger partial charge on any atom is -0.350 e. The van der Waals surface area contributed by atoms with Crippen LogP contribution in [0.25, 0.3) is 0 Å². The quantitative estimate of drug-likeness (QED) is 0.614. The van der Waals surface area contributed by atoms with Crippen LogP contribution in [0.3, 0.4) is 0 Å². The minimum absolute atomic E-state index is 0.320. The molecular formula is C10H20F2N2O. The Kier molecular flexibility index (Phi) is 7.21. The van der Waals surface area contributed by atoms with Gasteiger partial charge in [-0.1, -0.05) is 26.2 Å². The molecule has 0 saturated carbocycles. The van der Waals surface area contributed by atoms with E-state index in [2.05, 4.69) is 12.2 Å². The topological polar surface area (TPSA) is 55.1 Å². The average Bonchev–Trinajstić information content (AvgIpc) is 2.22. The molecule has 0 aromatic carbocycles. The van der Waals surface area contributed by atoms with E-state index in [1.807, 2.05) is 0 Å². The molecule has 3 nitrogen and oxygen atoms in total. The number of hydrogen-bond acceptors (Lipinski definition) is 2. The maximum absolute atomic E-state index is 12.6. The van der Waals surface area contributed by atoms with Gasteiger partial charge in [0.05, 0.1) is 13.1 Å². The lowest BCUT2D eigenvalue weighted by Gasteiger charge is -2.14. The predicted octanol–water partition coefficient (Wildman–Crippen LogP) is 1.67. The second kappa shape index (κ2) is 7.56. The molecule has 0 aromatic rings. The van der Waals surface area contributed by atoms with Gasteiger partial charge in [0.15, 0.2) is 0 Å². The molecule has 3 N–H and O–H groups in total. The Bertz CT molecular complexity index is 186. The zero-order valence-corrected chi connectivity index (χ0v) is 9.19. The van der Waals surface area contributed by atoms with Crippen LogP contribution < -0.4 is 11.1 Å². The zero-order valence-electron chi connectivity index (χ0n) is 9.19. The van der Waals surface area contributed by atoms with Crippen molar-refractivity contribution in [1.82, 2.24) is 5.32 Å². The van der Waals surface area contributed by atoms with Crippen LogP contribution >= 0.6 is 0 Å². The molecule has 0 atom stereocenters. The first kappa shape index (κ1) is 14.3. The maximum atomic E-state index is 12.6. The molecule has 0 aliphatic heterocycles. The van der Waals surface area contributed by atoms with Gasteiger partial charge in [-0.2, -0.15) is 0 Å². The van der Waals surface area contributed by atoms with Gasteiger partial charge in [-0.05, 0) is 6.42 Å². The van der Waals surface area contributed by atoms with E-state index in [0.29, 0.717) is 6.42 Å². The molecule has 0 saturated heterocycles. The second-order valence-corrected chi connectivity index (χ2v) is 3.65. The first-order valence-electron chi connectivity index (χ1n) is 5.36. The highest BCUT2D eigenvalue weighted by atomic mass is 19.3. The third kappa shape index (κ3) is 8.30. The lowest BCUT2D eigenvalue weighted by Crippen LogP contribution is -2.41. The van der Waals surface area contributed by atoms with Crippen LogP contribution in [0, 0.1) is 0 Å². The Morgan fingerprint density at radius 3 is 2.53 bits per heavy atom. The third-order valence-corrected chi connectivity index (χ3v) is 2.10. The molecule has 0 unspecified atom stereocenters. The molecule has 0 fully saturated rings. The van der Waals surface area contributed by atoms with Gasteiger partial charge in [-0.3, -0.25) is 4.79 Å². The van der Waals surface area contributed by atoms with Crippen molar-refractivity contribution in [1.29, 1.82) is 0 Å². The largest absolute Gasteiger partial charge is 0.350 e. The monoisotopic (exact) mass is 222 g/mol. The van der Waals surface area contributed by atoms with E-state index >= 15 is 0 Å². The van der Waals surface area contributed by atoms with Crippen molar-refractivity contribution in [3.63, 3.8) is 0 Å². The summed E-state index contributed by atoms with van der Waals surface area (Å²) in [6, 6.07) is 0. The van der Waals surface area contributed by atoms with Crippen molar-refractivity contribution in [2.45, 2.75) is 45.0 Å². The Morgan fingerprint density at radius 2 is 2.00 bits per heavy atom. The van der Waals surface area contributed by atoms with E-state index in [1.54, 1.807) is 0 Å². The van der Waals surface area contributed by atoms with Gasteiger partial charge in [-0.15, -0.1) is 0 Å². The van der Waals surface area contributed by atoms with Gasteiger partial charge in [0.25, 0.3) is 5.92 Å². The van der Waals surface area contributed by atoms with Crippen LogP contribution in [-0.4, -0.2) is 24.9 Å². The molecule has 0 aromatic heterocycles. The summed E-state index contributed by atoms with van der Waals surface area (Å²) in [5.74, 6) is -3.31. The van der Waals surface area contributed by atoms with Crippen LogP contribution in [0.5, 0.6) is 0 Å². The Hall–Kier alpha value is -0.710. The third-order valence-electron chi connectivity index (χ3n) is 2.10. The molecule has 0 radical (unpaired) electrons. The van der Waals surface area contributed by atoms with Crippen LogP contribution in [0.2, 0.25) is 0 Å². The lowest BCUT2D eigenvalue weighted by atomic mass is 10.1. The van der Waals surface area contributed by atoms with Crippen molar-refractivity contribution in [3.05, 3.63) is 0 Å². The van der Waals surface area contributed by atoms with Gasteiger partial charge in [0.2, 0.25) is 5.91 Å². The number of amides is 1. The summed E-state index contributed by atoms with van der Waals surface area (Å²) in [5.41, 5.74) is 4.83. The van der Waals surface area contributed by atoms with Crippen LogP contribution in [0.4, 0.5) is 8.78 Å². The minimum atomic E-state index is -2.99. The number of carbonyl (C=O) groups is 1. The lowest BCUT2D eigenvalue weighted by molar-refractivity contribution is -0.123. The van der Waals surface area contributed by atoms with Crippen LogP contribution in [-0.2, 0) is 4.79 Å². The van der Waals surface area contributed by atoms with E-state index in [9.17, 15) is 13.6 Å². The summed E-state index contributed by atoms with van der Waals surface area (Å²) in [5, 5.41) is 2.18. The first-order valence-corrected chi connectivity index (χ1v) is 5.36. The highest BCUT2D eigenvalue weighted by molar-refractivity contribution is 5.75. The first-order chi connectivity index (χ1) is 7.02. The summed E-state index contributed by atoms with van der Waals surface area (Å²) < 4.78 is 25.2. The molecule has 0 rings (SSSR count). The second-order valence-electron chi connectivity index (χ2n) is 3.65. The molecule has 0 aliphatic rings. The molecular weight excluding hydrogens is 202 g/mol. The fraction of sp³-hybridized carbons (Fsp3) is 0.900. The normalized spacial score (nSPS) is 11.5. The fourth-order valence-electron chi connectivity index (χ4n) is 1.10. The van der Waals surface area contributed by atoms with Crippen LogP contribution in [0.1, 0.15) is 39.0 Å². The van der Waals surface area contributed by atoms with E-state index in [-0.39, 0.29) is 5.91 Å². The summed E-state index contributed by atoms with van der Waals surface area (Å²) in [4.78, 5) is 11.1. The molecule has 0 aliphatic carbocycles. The van der Waals surface area contributed by atoms with E-state index in [0.717, 1.165) is 25.7 Å². The van der Waals surface area contributed by atoms with Crippen molar-refractivity contribution >= 4 is 5.91 Å². The number of halogens is 2. The molecule has 15 heavy (non-hydrogen) atoms. The number of nitrogens with two attached hydrogens (primary N) is 1. The summed E-state index contributed by atoms with van der Waals surface area (Å²) >= 11 is 0. The number of alkyl halides is 2. The van der Waals surface area contributed by atoms with E-state index in [4.69, 9.17) is 5.73 Å². The van der Waals surface area contributed by atoms with Crippen molar-refractivity contribution in [2.24, 2.45) is 5.73 Å². The molecule has 0 spiro atoms. The molecule has 90 valence electrons. The Balaban J connectivity index is 3.49. The SMILES string of the molecule is CCCCCCC(=O)NCC(F)(F)CN. The van der Waals surface area contributed by atoms with Gasteiger partial charge in [-0.25, -0.2) is 8.78 Å². The summed E-state index contributed by atoms with van der Waals surface area (Å²) in [6.07, 6.45) is 4.21. The van der Waals surface area contributed by atoms with Gasteiger partial charge in [0.1, 0.15) is 0 Å². The molecule has 1 amide bonds. The molecule has 0 bridgehead atoms. The standard InChI is InChI=1S/C10H20F2N2O/c1-2-3-4-5-6-9(15)14-8-10(11,12)7-13/h2-8,13H2,1H3,(H,14,15). The number of rotatable bonds is 8. The number of carbonyl (C=O) groups excluding carboxylic acids is 1. The Morgan fingerprint density at radius 1 is 1.33 bits per heavy atom. The van der Waals surface area contributed by atoms with Crippen molar-refractivity contribution < 1.29 is 13.6 Å². The average molecular weight is 222 g/mol. The summed E-state index contributed by atoms with van der Waals surface area (Å²) in [6.45, 7) is 0.682. The van der Waals surface area contributed by atoms with Crippen molar-refractivity contribution in [3.8, 4) is 0 Å². The predicted molar refractivity (Wildman–Crippen MR) is 55.8 cm³/mol. The number of hydrogen-bond donors (Lipinski definition) is 2. The van der Waals surface area contributed by atoms with Gasteiger partial charge < -0.3 is 11.1 Å². The Labute approximate surface area is 89.4 Å². The van der Waals surface area contributed by atoms with Crippen molar-refractivity contribution in [2.75, 3.05) is 13.1 Å². The maximum Gasteiger partial charge on any atom is 0.277 e. The number of unbranched alkanes of at least 4 members (excludes halogenated alkanes) is 3. The van der Waals surface area contributed by atoms with E-state index in [1.165, 1.54) is 0 Å². The highest BCUT2D eigenvalue weighted by Gasteiger charge is 2.26. The van der Waals surface area contributed by atoms with Gasteiger partial charge in [0, 0.05) is 6.42 Å².